The summed E-state index contributed by atoms with van der Waals surface area (Å²) >= 11 is 0. The first-order chi connectivity index (χ1) is 12.7. The first-order valence-electron chi connectivity index (χ1n) is 9.82. The quantitative estimate of drug-likeness (QED) is 0.811. The van der Waals surface area contributed by atoms with Crippen molar-refractivity contribution in [1.29, 1.82) is 0 Å². The van der Waals surface area contributed by atoms with E-state index in [4.69, 9.17) is 0 Å². The van der Waals surface area contributed by atoms with Crippen LogP contribution in [0, 0.1) is 5.92 Å². The highest BCUT2D eigenvalue weighted by molar-refractivity contribution is 5.94. The van der Waals surface area contributed by atoms with Crippen molar-refractivity contribution in [2.24, 2.45) is 5.92 Å². The van der Waals surface area contributed by atoms with Gasteiger partial charge in [0.1, 0.15) is 0 Å². The fourth-order valence-electron chi connectivity index (χ4n) is 3.59. The van der Waals surface area contributed by atoms with E-state index in [1.807, 2.05) is 30.3 Å². The van der Waals surface area contributed by atoms with Gasteiger partial charge >= 0.3 is 0 Å². The Bertz CT molecular complexity index is 688. The minimum atomic E-state index is -0.000879. The van der Waals surface area contributed by atoms with Gasteiger partial charge in [-0.15, -0.1) is 0 Å². The number of hydrogen-bond acceptors (Lipinski definition) is 2. The summed E-state index contributed by atoms with van der Waals surface area (Å²) in [4.78, 5) is 15.1. The highest BCUT2D eigenvalue weighted by Crippen LogP contribution is 2.19. The summed E-state index contributed by atoms with van der Waals surface area (Å²) in [6, 6.07) is 18.3. The first-order valence-corrected chi connectivity index (χ1v) is 9.82. The fourth-order valence-corrected chi connectivity index (χ4v) is 3.59. The summed E-state index contributed by atoms with van der Waals surface area (Å²) < 4.78 is 0. The molecule has 0 saturated carbocycles. The van der Waals surface area contributed by atoms with Crippen LogP contribution in [0.4, 0.5) is 0 Å². The minimum absolute atomic E-state index is 0.000879. The van der Waals surface area contributed by atoms with Gasteiger partial charge in [0.25, 0.3) is 5.91 Å². The van der Waals surface area contributed by atoms with Gasteiger partial charge in [-0.1, -0.05) is 56.3 Å². The molecule has 3 nitrogen and oxygen atoms in total. The van der Waals surface area contributed by atoms with Crippen LogP contribution >= 0.6 is 0 Å². The molecule has 1 fully saturated rings. The largest absolute Gasteiger partial charge is 0.345 e. The Morgan fingerprint density at radius 1 is 1.08 bits per heavy atom. The highest BCUT2D eigenvalue weighted by Gasteiger charge is 2.16. The van der Waals surface area contributed by atoms with Gasteiger partial charge in [-0.3, -0.25) is 9.69 Å². The predicted octanol–water partition coefficient (Wildman–Crippen LogP) is 4.80. The van der Waals surface area contributed by atoms with Gasteiger partial charge in [-0.25, -0.2) is 0 Å². The van der Waals surface area contributed by atoms with E-state index in [2.05, 4.69) is 48.3 Å². The zero-order chi connectivity index (χ0) is 18.4. The van der Waals surface area contributed by atoms with Crippen molar-refractivity contribution in [2.75, 3.05) is 13.1 Å². The van der Waals surface area contributed by atoms with Gasteiger partial charge < -0.3 is 5.32 Å². The Morgan fingerprint density at radius 2 is 1.73 bits per heavy atom. The zero-order valence-corrected chi connectivity index (χ0v) is 15.9. The van der Waals surface area contributed by atoms with Gasteiger partial charge in [0.15, 0.2) is 0 Å². The maximum absolute atomic E-state index is 12.6. The molecule has 1 aliphatic heterocycles. The molecule has 1 atom stereocenters. The van der Waals surface area contributed by atoms with E-state index in [1.165, 1.54) is 31.5 Å². The molecule has 1 saturated heterocycles. The van der Waals surface area contributed by atoms with E-state index in [-0.39, 0.29) is 11.9 Å². The summed E-state index contributed by atoms with van der Waals surface area (Å²) in [5.74, 6) is 0.854. The van der Waals surface area contributed by atoms with Crippen LogP contribution in [0.25, 0.3) is 0 Å². The van der Waals surface area contributed by atoms with Crippen LogP contribution in [0.1, 0.15) is 60.6 Å². The van der Waals surface area contributed by atoms with Crippen LogP contribution in [0.15, 0.2) is 54.6 Å². The molecule has 2 aromatic carbocycles. The molecule has 0 unspecified atom stereocenters. The molecule has 0 radical (unpaired) electrons. The smallest absolute Gasteiger partial charge is 0.251 e. The topological polar surface area (TPSA) is 32.3 Å². The molecule has 3 heteroatoms. The second-order valence-electron chi connectivity index (χ2n) is 7.50. The van der Waals surface area contributed by atoms with Crippen molar-refractivity contribution >= 4 is 5.91 Å². The number of nitrogens with zero attached hydrogens (tertiary/aromatic N) is 1. The van der Waals surface area contributed by atoms with Gasteiger partial charge in [0, 0.05) is 12.1 Å². The average Bonchev–Trinajstić information content (AvgIpc) is 2.69. The lowest BCUT2D eigenvalue weighted by molar-refractivity contribution is 0.0935. The van der Waals surface area contributed by atoms with E-state index in [1.54, 1.807) is 0 Å². The monoisotopic (exact) mass is 350 g/mol. The van der Waals surface area contributed by atoms with E-state index in [9.17, 15) is 4.79 Å². The first kappa shape index (κ1) is 18.7. The Hall–Kier alpha value is -2.13. The fraction of sp³-hybridized carbons (Fsp3) is 0.435. The Kier molecular flexibility index (Phi) is 6.45. The molecule has 3 rings (SSSR count). The lowest BCUT2D eigenvalue weighted by atomic mass is 9.98. The summed E-state index contributed by atoms with van der Waals surface area (Å²) in [6.45, 7) is 7.78. The van der Waals surface area contributed by atoms with Gasteiger partial charge in [-0.2, -0.15) is 0 Å². The maximum atomic E-state index is 12.6. The second-order valence-corrected chi connectivity index (χ2v) is 7.50. The third-order valence-corrected chi connectivity index (χ3v) is 5.41. The van der Waals surface area contributed by atoms with Crippen molar-refractivity contribution in [3.8, 4) is 0 Å². The van der Waals surface area contributed by atoms with Crippen molar-refractivity contribution in [3.05, 3.63) is 71.3 Å². The third kappa shape index (κ3) is 4.95. The summed E-state index contributed by atoms with van der Waals surface area (Å²) in [6.07, 6.45) is 3.46. The van der Waals surface area contributed by atoms with Gasteiger partial charge in [-0.05, 0) is 61.5 Å². The van der Waals surface area contributed by atoms with Crippen LogP contribution in [0.3, 0.4) is 0 Å². The molecular weight excluding hydrogens is 320 g/mol. The molecule has 0 aromatic heterocycles. The predicted molar refractivity (Wildman–Crippen MR) is 107 cm³/mol. The normalized spacial score (nSPS) is 17.0. The molecule has 138 valence electrons. The summed E-state index contributed by atoms with van der Waals surface area (Å²) in [5, 5.41) is 3.16. The van der Waals surface area contributed by atoms with Gasteiger partial charge in [0.2, 0.25) is 0 Å². The number of piperidine rings is 1. The summed E-state index contributed by atoms with van der Waals surface area (Å²) in [5.41, 5.74) is 3.17. The lowest BCUT2D eigenvalue weighted by Crippen LogP contribution is -2.32. The average molecular weight is 351 g/mol. The van der Waals surface area contributed by atoms with Crippen LogP contribution < -0.4 is 5.32 Å². The highest BCUT2D eigenvalue weighted by atomic mass is 16.1. The van der Waals surface area contributed by atoms with Crippen LogP contribution in [-0.2, 0) is 6.54 Å². The van der Waals surface area contributed by atoms with Crippen molar-refractivity contribution in [3.63, 3.8) is 0 Å². The van der Waals surface area contributed by atoms with Crippen LogP contribution in [-0.4, -0.2) is 23.9 Å². The standard InChI is InChI=1S/C23H30N2O/c1-3-22(20-7-5-4-6-8-20)24-23(26)21-11-9-19(10-12-21)17-25-15-13-18(2)14-16-25/h4-12,18,22H,3,13-17H2,1-2H3,(H,24,26)/t22-/m0/s1. The number of rotatable bonds is 6. The Balaban J connectivity index is 1.58. The van der Waals surface area contributed by atoms with Crippen molar-refractivity contribution in [2.45, 2.75) is 45.7 Å². The lowest BCUT2D eigenvalue weighted by Gasteiger charge is -2.30. The number of benzene rings is 2. The van der Waals surface area contributed by atoms with Crippen molar-refractivity contribution in [1.82, 2.24) is 10.2 Å². The molecule has 26 heavy (non-hydrogen) atoms. The SMILES string of the molecule is CC[C@H](NC(=O)c1ccc(CN2CCC(C)CC2)cc1)c1ccccc1. The zero-order valence-electron chi connectivity index (χ0n) is 15.9. The number of likely N-dealkylation sites (tertiary alicyclic amines) is 1. The molecule has 0 spiro atoms. The number of carbonyl (C=O) groups is 1. The molecule has 0 aliphatic carbocycles. The molecule has 0 bridgehead atoms. The van der Waals surface area contributed by atoms with E-state index < -0.39 is 0 Å². The number of carbonyl (C=O) groups excluding carboxylic acids is 1. The number of nitrogens with one attached hydrogen (secondary N) is 1. The Morgan fingerprint density at radius 3 is 2.35 bits per heavy atom. The van der Waals surface area contributed by atoms with E-state index in [0.29, 0.717) is 0 Å². The minimum Gasteiger partial charge on any atom is -0.345 e. The van der Waals surface area contributed by atoms with Gasteiger partial charge in [0.05, 0.1) is 6.04 Å². The maximum Gasteiger partial charge on any atom is 0.251 e. The number of hydrogen-bond donors (Lipinski definition) is 1. The van der Waals surface area contributed by atoms with Crippen LogP contribution in [0.5, 0.6) is 0 Å². The molecule has 1 amide bonds. The molecule has 1 aliphatic rings. The third-order valence-electron chi connectivity index (χ3n) is 5.41. The molecular formula is C23H30N2O. The molecule has 1 heterocycles. The van der Waals surface area contributed by atoms with E-state index >= 15 is 0 Å². The Labute approximate surface area is 157 Å². The molecule has 2 aromatic rings. The second kappa shape index (κ2) is 9.00. The number of amides is 1. The molecule has 1 N–H and O–H groups in total. The van der Waals surface area contributed by atoms with Crippen molar-refractivity contribution < 1.29 is 4.79 Å². The van der Waals surface area contributed by atoms with Crippen LogP contribution in [0.2, 0.25) is 0 Å². The van der Waals surface area contributed by atoms with E-state index in [0.717, 1.165) is 30.0 Å². The summed E-state index contributed by atoms with van der Waals surface area (Å²) in [7, 11) is 0.